The van der Waals surface area contributed by atoms with Gasteiger partial charge in [-0.3, -0.25) is 14.8 Å². The number of nitro groups is 1. The lowest BCUT2D eigenvalue weighted by atomic mass is 10.00. The Balaban J connectivity index is 1.63. The monoisotopic (exact) mass is 548 g/mol. The lowest BCUT2D eigenvalue weighted by Crippen LogP contribution is -2.14. The minimum Gasteiger partial charge on any atom is -0.272 e. The maximum absolute atomic E-state index is 14.0. The molecule has 0 aliphatic carbocycles. The molecule has 40 heavy (non-hydrogen) atoms. The van der Waals surface area contributed by atoms with E-state index in [-0.39, 0.29) is 16.2 Å². The lowest BCUT2D eigenvalue weighted by molar-refractivity contribution is -0.384. The van der Waals surface area contributed by atoms with Crippen molar-refractivity contribution in [1.82, 2.24) is 18.7 Å². The zero-order valence-electron chi connectivity index (χ0n) is 21.3. The summed E-state index contributed by atoms with van der Waals surface area (Å²) in [4.78, 5) is 15.4. The molecule has 0 aliphatic rings. The molecule has 9 nitrogen and oxygen atoms in total. The third-order valence-corrected chi connectivity index (χ3v) is 8.39. The first-order chi connectivity index (χ1) is 19.4. The molecule has 0 saturated carbocycles. The van der Waals surface area contributed by atoms with Crippen molar-refractivity contribution in [3.8, 4) is 33.6 Å². The third-order valence-electron chi connectivity index (χ3n) is 6.67. The number of aromatic nitrogens is 4. The van der Waals surface area contributed by atoms with Gasteiger partial charge in [-0.25, -0.2) is 17.4 Å². The maximum Gasteiger partial charge on any atom is 0.269 e. The molecule has 0 amide bonds. The van der Waals surface area contributed by atoms with Crippen LogP contribution < -0.4 is 0 Å². The summed E-state index contributed by atoms with van der Waals surface area (Å²) in [7, 11) is -4.02. The second-order valence-electron chi connectivity index (χ2n) is 9.05. The summed E-state index contributed by atoms with van der Waals surface area (Å²) in [5.74, 6) is 0. The van der Waals surface area contributed by atoms with Crippen LogP contribution in [-0.2, 0) is 16.6 Å². The normalized spacial score (nSPS) is 11.6. The van der Waals surface area contributed by atoms with Gasteiger partial charge in [0.2, 0.25) is 0 Å². The molecule has 6 rings (SSSR count). The summed E-state index contributed by atoms with van der Waals surface area (Å²) >= 11 is 0. The number of fused-ring (bicyclic) bond motifs is 1. The van der Waals surface area contributed by atoms with E-state index in [9.17, 15) is 18.5 Å². The van der Waals surface area contributed by atoms with E-state index in [2.05, 4.69) is 11.1 Å². The Morgan fingerprint density at radius 3 is 2.40 bits per heavy atom. The molecule has 0 fully saturated rings. The van der Waals surface area contributed by atoms with Gasteiger partial charge in [-0.1, -0.05) is 36.4 Å². The fourth-order valence-corrected chi connectivity index (χ4v) is 6.24. The highest BCUT2D eigenvalue weighted by atomic mass is 32.2. The van der Waals surface area contributed by atoms with Crippen LogP contribution in [-0.4, -0.2) is 32.1 Å². The van der Waals surface area contributed by atoms with Crippen LogP contribution in [0.2, 0.25) is 0 Å². The molecule has 3 heterocycles. The molecule has 10 heteroatoms. The van der Waals surface area contributed by atoms with Gasteiger partial charge < -0.3 is 0 Å². The number of benzene rings is 3. The van der Waals surface area contributed by atoms with Crippen molar-refractivity contribution in [2.45, 2.75) is 18.4 Å². The summed E-state index contributed by atoms with van der Waals surface area (Å²) < 4.78 is 31.1. The summed E-state index contributed by atoms with van der Waals surface area (Å²) in [6.07, 6.45) is 3.48. The molecule has 6 aromatic rings. The Morgan fingerprint density at radius 2 is 1.73 bits per heavy atom. The zero-order chi connectivity index (χ0) is 27.9. The molecular formula is C30H22N5O4S. The Morgan fingerprint density at radius 1 is 0.950 bits per heavy atom. The van der Waals surface area contributed by atoms with Crippen LogP contribution in [0.3, 0.4) is 0 Å². The number of nitrogens with zero attached hydrogens (tertiary/aromatic N) is 5. The number of hydrogen-bond donors (Lipinski definition) is 0. The van der Waals surface area contributed by atoms with Crippen LogP contribution in [0.1, 0.15) is 6.92 Å². The SMILES string of the molecule is CCn1cc(-c2ccnc3c2cc(-c2c[c]ccc2)n3S(=O)(=O)c2ccccc2)c(-c2ccc([N+](=O)[O-])cc2)n1. The smallest absolute Gasteiger partial charge is 0.269 e. The topological polar surface area (TPSA) is 113 Å². The van der Waals surface area contributed by atoms with Gasteiger partial charge in [-0.05, 0) is 66.6 Å². The van der Waals surface area contributed by atoms with Crippen molar-refractivity contribution >= 4 is 26.7 Å². The molecule has 197 valence electrons. The first-order valence-electron chi connectivity index (χ1n) is 12.5. The summed E-state index contributed by atoms with van der Waals surface area (Å²) in [6, 6.07) is 28.3. The second-order valence-corrected chi connectivity index (χ2v) is 10.8. The van der Waals surface area contributed by atoms with Crippen LogP contribution in [0.25, 0.3) is 44.7 Å². The molecule has 1 radical (unpaired) electrons. The molecule has 0 N–H and O–H groups in total. The fourth-order valence-electron chi connectivity index (χ4n) is 4.74. The molecule has 3 aromatic heterocycles. The van der Waals surface area contributed by atoms with E-state index in [4.69, 9.17) is 5.10 Å². The molecule has 0 bridgehead atoms. The van der Waals surface area contributed by atoms with Gasteiger partial charge >= 0.3 is 0 Å². The standard InChI is InChI=1S/C30H22N5O4S/c1-2-33-20-27(29(32-33)22-13-15-23(16-14-22)35(36)37)25-17-18-31-30-26(25)19-28(21-9-5-3-6-10-21)34(30)40(38,39)24-11-7-4-8-12-24/h3-5,7-20H,2H2,1H3. The van der Waals surface area contributed by atoms with E-state index in [1.54, 1.807) is 71.5 Å². The minimum atomic E-state index is -4.02. The zero-order valence-corrected chi connectivity index (χ0v) is 22.1. The number of rotatable bonds is 7. The second kappa shape index (κ2) is 9.90. The first kappa shape index (κ1) is 25.2. The van der Waals surface area contributed by atoms with Crippen molar-refractivity contribution in [2.24, 2.45) is 0 Å². The maximum atomic E-state index is 14.0. The largest absolute Gasteiger partial charge is 0.272 e. The Bertz CT molecular complexity index is 1960. The molecular weight excluding hydrogens is 526 g/mol. The van der Waals surface area contributed by atoms with E-state index >= 15 is 0 Å². The number of pyridine rings is 1. The highest BCUT2D eigenvalue weighted by Gasteiger charge is 2.27. The Labute approximate surface area is 230 Å². The average molecular weight is 549 g/mol. The van der Waals surface area contributed by atoms with Crippen molar-refractivity contribution in [3.05, 3.63) is 120 Å². The van der Waals surface area contributed by atoms with E-state index in [0.717, 1.165) is 11.1 Å². The van der Waals surface area contributed by atoms with Gasteiger partial charge in [-0.15, -0.1) is 0 Å². The molecule has 0 unspecified atom stereocenters. The van der Waals surface area contributed by atoms with Crippen LogP contribution in [0.4, 0.5) is 5.69 Å². The van der Waals surface area contributed by atoms with Crippen molar-refractivity contribution < 1.29 is 13.3 Å². The molecule has 0 atom stereocenters. The van der Waals surface area contributed by atoms with Gasteiger partial charge in [0, 0.05) is 47.6 Å². The van der Waals surface area contributed by atoms with Gasteiger partial charge in [-0.2, -0.15) is 5.10 Å². The highest BCUT2D eigenvalue weighted by Crippen LogP contribution is 2.39. The molecule has 0 aliphatic heterocycles. The lowest BCUT2D eigenvalue weighted by Gasteiger charge is -2.12. The highest BCUT2D eigenvalue weighted by molar-refractivity contribution is 7.90. The van der Waals surface area contributed by atoms with Crippen molar-refractivity contribution in [1.29, 1.82) is 0 Å². The Hall–Kier alpha value is -5.09. The summed E-state index contributed by atoms with van der Waals surface area (Å²) in [5, 5.41) is 16.6. The van der Waals surface area contributed by atoms with Crippen LogP contribution >= 0.6 is 0 Å². The van der Waals surface area contributed by atoms with E-state index < -0.39 is 14.9 Å². The molecule has 0 saturated heterocycles. The summed E-state index contributed by atoms with van der Waals surface area (Å²) in [6.45, 7) is 2.56. The van der Waals surface area contributed by atoms with Gasteiger partial charge in [0.25, 0.3) is 15.7 Å². The number of nitro benzene ring substituents is 1. The Kier molecular flexibility index (Phi) is 6.24. The number of hydrogen-bond acceptors (Lipinski definition) is 6. The quantitative estimate of drug-likeness (QED) is 0.173. The fraction of sp³-hybridized carbons (Fsp3) is 0.0667. The van der Waals surface area contributed by atoms with E-state index in [1.165, 1.54) is 16.1 Å². The van der Waals surface area contributed by atoms with Gasteiger partial charge in [0.1, 0.15) is 5.69 Å². The predicted octanol–water partition coefficient (Wildman–Crippen LogP) is 6.20. The summed E-state index contributed by atoms with van der Waals surface area (Å²) in [5.41, 5.74) is 4.20. The number of aryl methyl sites for hydroxylation is 1. The van der Waals surface area contributed by atoms with Crippen LogP contribution in [0, 0.1) is 16.2 Å². The van der Waals surface area contributed by atoms with E-state index in [0.29, 0.717) is 34.4 Å². The van der Waals surface area contributed by atoms with Crippen molar-refractivity contribution in [3.63, 3.8) is 0 Å². The number of non-ortho nitro benzene ring substituents is 1. The van der Waals surface area contributed by atoms with Crippen LogP contribution in [0.5, 0.6) is 0 Å². The van der Waals surface area contributed by atoms with Gasteiger partial charge in [0.15, 0.2) is 5.65 Å². The van der Waals surface area contributed by atoms with E-state index in [1.807, 2.05) is 31.3 Å². The van der Waals surface area contributed by atoms with Gasteiger partial charge in [0.05, 0.1) is 15.5 Å². The minimum absolute atomic E-state index is 0.0148. The molecule has 3 aromatic carbocycles. The average Bonchev–Trinajstić information content (AvgIpc) is 3.61. The predicted molar refractivity (Wildman–Crippen MR) is 152 cm³/mol. The van der Waals surface area contributed by atoms with Crippen molar-refractivity contribution in [2.75, 3.05) is 0 Å². The third kappa shape index (κ3) is 4.24. The molecule has 0 spiro atoms. The first-order valence-corrected chi connectivity index (χ1v) is 13.9. The van der Waals surface area contributed by atoms with Crippen LogP contribution in [0.15, 0.2) is 108 Å².